The minimum absolute atomic E-state index is 0.0885. The largest absolute Gasteiger partial charge is 0.469 e. The van der Waals surface area contributed by atoms with Gasteiger partial charge in [-0.3, -0.25) is 14.1 Å². The van der Waals surface area contributed by atoms with Gasteiger partial charge in [-0.05, 0) is 32.1 Å². The molecule has 342 valence electrons. The van der Waals surface area contributed by atoms with Gasteiger partial charge in [-0.1, -0.05) is 203 Å². The molecule has 12 heteroatoms. The Kier molecular flexibility index (Phi) is 39.4. The third-order valence-corrected chi connectivity index (χ3v) is 10.4. The number of esters is 2. The van der Waals surface area contributed by atoms with E-state index in [2.05, 4.69) is 11.4 Å². The lowest BCUT2D eigenvalue weighted by molar-refractivity contribution is -0.161. The molecule has 0 rings (SSSR count). The maximum Gasteiger partial charge on any atom is 0.469 e. The van der Waals surface area contributed by atoms with Crippen molar-refractivity contribution in [1.82, 2.24) is 0 Å². The van der Waals surface area contributed by atoms with E-state index in [1.165, 1.54) is 115 Å². The highest BCUT2D eigenvalue weighted by Gasteiger charge is 2.23. The van der Waals surface area contributed by atoms with Gasteiger partial charge in [0.1, 0.15) is 6.61 Å². The van der Waals surface area contributed by atoms with Crippen molar-refractivity contribution in [3.05, 3.63) is 60.8 Å². The zero-order valence-corrected chi connectivity index (χ0v) is 37.6. The number of aliphatic hydroxyl groups is 3. The molecule has 0 aliphatic rings. The van der Waals surface area contributed by atoms with Crippen molar-refractivity contribution in [1.29, 1.82) is 0 Å². The molecule has 0 bridgehead atoms. The Morgan fingerprint density at radius 1 is 0.559 bits per heavy atom. The Bertz CT molecular complexity index is 1190. The molecule has 0 aromatic rings. The zero-order chi connectivity index (χ0) is 43.7. The summed E-state index contributed by atoms with van der Waals surface area (Å²) in [6, 6.07) is 0. The van der Waals surface area contributed by atoms with Gasteiger partial charge >= 0.3 is 19.8 Å². The lowest BCUT2D eigenvalue weighted by atomic mass is 10.0. The van der Waals surface area contributed by atoms with Crippen LogP contribution in [0.1, 0.15) is 187 Å². The molecule has 0 heterocycles. The number of ether oxygens (including phenoxy) is 2. The van der Waals surface area contributed by atoms with Crippen LogP contribution < -0.4 is 0 Å². The number of hydrogen-bond acceptors (Lipinski definition) is 9. The van der Waals surface area contributed by atoms with Crippen LogP contribution in [-0.2, 0) is 28.2 Å². The van der Waals surface area contributed by atoms with Gasteiger partial charge in [-0.25, -0.2) is 4.57 Å². The van der Waals surface area contributed by atoms with Crippen LogP contribution in [0, 0.1) is 0 Å². The molecule has 0 fully saturated rings. The van der Waals surface area contributed by atoms with Crippen molar-refractivity contribution in [2.24, 2.45) is 0 Å². The Morgan fingerprint density at radius 2 is 1.02 bits per heavy atom. The van der Waals surface area contributed by atoms with Gasteiger partial charge in [0.15, 0.2) is 6.10 Å². The van der Waals surface area contributed by atoms with Crippen molar-refractivity contribution in [3.8, 4) is 0 Å². The van der Waals surface area contributed by atoms with E-state index in [9.17, 15) is 29.5 Å². The summed E-state index contributed by atoms with van der Waals surface area (Å²) in [6.07, 6.45) is 41.8. The first-order chi connectivity index (χ1) is 28.5. The number of carbonyl (C=O) groups excluding carboxylic acids is 2. The lowest BCUT2D eigenvalue weighted by Crippen LogP contribution is -2.29. The molecule has 11 nitrogen and oxygen atoms in total. The van der Waals surface area contributed by atoms with Crippen molar-refractivity contribution in [3.63, 3.8) is 0 Å². The fourth-order valence-corrected chi connectivity index (χ4v) is 6.72. The maximum atomic E-state index is 12.5. The summed E-state index contributed by atoms with van der Waals surface area (Å²) < 4.78 is 26.2. The summed E-state index contributed by atoms with van der Waals surface area (Å²) in [6.45, 7) is 3.22. The SMILES string of the molecule is CC/C=C\C[C@@H](O)/C=C/C=C/C=C\C=C/[C@H](O)[C@@H](O)CCCC(=O)OC[C@H](COP(=O)(O)O)OC(=O)CCCCCCCCCCCCCCCCCCCCCCC. The first-order valence-electron chi connectivity index (χ1n) is 22.9. The standard InChI is InChI=1S/C47H83O11P/c1-3-5-7-8-9-10-11-12-13-14-15-16-17-18-19-20-21-22-23-28-32-38-47(52)58-43(41-57-59(53,54)55)40-56-46(51)39-33-37-45(50)44(49)36-31-27-25-24-26-30-35-42(48)34-29-6-4-2/h6,24-27,29-31,35-36,42-45,48-50H,3-5,7-23,28,32-34,37-41H2,1-2H3,(H2,53,54,55)/b26-24+,27-25-,29-6-,35-30+,36-31-/t42-,43-,44+,45+/m1/s1. The van der Waals surface area contributed by atoms with E-state index in [1.807, 2.05) is 19.1 Å². The average Bonchev–Trinajstić information content (AvgIpc) is 3.20. The van der Waals surface area contributed by atoms with Gasteiger partial charge < -0.3 is 34.6 Å². The number of allylic oxidation sites excluding steroid dienone is 7. The molecule has 4 atom stereocenters. The fraction of sp³-hybridized carbons (Fsp3) is 0.745. The summed E-state index contributed by atoms with van der Waals surface area (Å²) in [5.74, 6) is -1.21. The highest BCUT2D eigenvalue weighted by atomic mass is 31.2. The summed E-state index contributed by atoms with van der Waals surface area (Å²) in [5.41, 5.74) is 0. The molecule has 0 saturated carbocycles. The number of phosphoric ester groups is 1. The molecule has 5 N–H and O–H groups in total. The summed E-state index contributed by atoms with van der Waals surface area (Å²) in [7, 11) is -4.84. The van der Waals surface area contributed by atoms with Gasteiger partial charge in [0.25, 0.3) is 0 Å². The molecule has 0 radical (unpaired) electrons. The quantitative estimate of drug-likeness (QED) is 0.0130. The zero-order valence-electron chi connectivity index (χ0n) is 36.7. The van der Waals surface area contributed by atoms with Crippen LogP contribution in [0.3, 0.4) is 0 Å². The molecule has 0 spiro atoms. The van der Waals surface area contributed by atoms with Crippen LogP contribution >= 0.6 is 7.82 Å². The van der Waals surface area contributed by atoms with Crippen molar-refractivity contribution in [2.75, 3.05) is 13.2 Å². The molecule has 0 aromatic heterocycles. The monoisotopic (exact) mass is 855 g/mol. The van der Waals surface area contributed by atoms with E-state index in [-0.39, 0.29) is 25.7 Å². The second-order valence-corrected chi connectivity index (χ2v) is 16.8. The minimum atomic E-state index is -4.84. The first kappa shape index (κ1) is 56.6. The van der Waals surface area contributed by atoms with Crippen molar-refractivity contribution < 1.29 is 53.3 Å². The van der Waals surface area contributed by atoms with Gasteiger partial charge in [0, 0.05) is 12.8 Å². The topological polar surface area (TPSA) is 180 Å². The highest BCUT2D eigenvalue weighted by molar-refractivity contribution is 7.46. The Labute approximate surface area is 357 Å². The lowest BCUT2D eigenvalue weighted by Gasteiger charge is -2.18. The molecular weight excluding hydrogens is 771 g/mol. The highest BCUT2D eigenvalue weighted by Crippen LogP contribution is 2.36. The summed E-state index contributed by atoms with van der Waals surface area (Å²) in [4.78, 5) is 43.0. The van der Waals surface area contributed by atoms with Crippen LogP contribution in [0.4, 0.5) is 0 Å². The minimum Gasteiger partial charge on any atom is -0.462 e. The van der Waals surface area contributed by atoms with E-state index < -0.39 is 57.4 Å². The molecule has 0 aliphatic carbocycles. The number of hydrogen-bond donors (Lipinski definition) is 5. The van der Waals surface area contributed by atoms with Gasteiger partial charge in [-0.15, -0.1) is 0 Å². The molecule has 0 aliphatic heterocycles. The Balaban J connectivity index is 4.14. The smallest absolute Gasteiger partial charge is 0.462 e. The van der Waals surface area contributed by atoms with Crippen LogP contribution in [0.15, 0.2) is 60.8 Å². The maximum absolute atomic E-state index is 12.5. The summed E-state index contributed by atoms with van der Waals surface area (Å²) in [5, 5.41) is 30.3. The van der Waals surface area contributed by atoms with Crippen LogP contribution in [0.25, 0.3) is 0 Å². The van der Waals surface area contributed by atoms with Gasteiger partial charge in [0.05, 0.1) is 24.9 Å². The van der Waals surface area contributed by atoms with Gasteiger partial charge in [-0.2, -0.15) is 0 Å². The van der Waals surface area contributed by atoms with Crippen molar-refractivity contribution in [2.45, 2.75) is 212 Å². The molecule has 0 saturated heterocycles. The third-order valence-electron chi connectivity index (χ3n) is 9.89. The Hall–Kier alpha value is -2.37. The third kappa shape index (κ3) is 42.1. The van der Waals surface area contributed by atoms with Crippen LogP contribution in [-0.4, -0.2) is 74.7 Å². The van der Waals surface area contributed by atoms with Crippen LogP contribution in [0.2, 0.25) is 0 Å². The summed E-state index contributed by atoms with van der Waals surface area (Å²) >= 11 is 0. The van der Waals surface area contributed by atoms with E-state index in [1.54, 1.807) is 42.5 Å². The fourth-order valence-electron chi connectivity index (χ4n) is 6.36. The Morgan fingerprint density at radius 3 is 1.51 bits per heavy atom. The van der Waals surface area contributed by atoms with Crippen LogP contribution in [0.5, 0.6) is 0 Å². The van der Waals surface area contributed by atoms with E-state index >= 15 is 0 Å². The second kappa shape index (κ2) is 41.0. The van der Waals surface area contributed by atoms with Gasteiger partial charge in [0.2, 0.25) is 0 Å². The number of aliphatic hydroxyl groups excluding tert-OH is 3. The van der Waals surface area contributed by atoms with Crippen molar-refractivity contribution >= 4 is 19.8 Å². The number of unbranched alkanes of at least 4 members (excludes halogenated alkanes) is 20. The molecule has 0 amide bonds. The van der Waals surface area contributed by atoms with E-state index in [0.717, 1.165) is 25.7 Å². The molecular formula is C47H83O11P. The van der Waals surface area contributed by atoms with E-state index in [4.69, 9.17) is 19.3 Å². The molecule has 0 aromatic carbocycles. The number of phosphoric acid groups is 1. The normalized spacial score (nSPS) is 14.6. The number of carbonyl (C=O) groups is 2. The molecule has 0 unspecified atom stereocenters. The molecule has 59 heavy (non-hydrogen) atoms. The second-order valence-electron chi connectivity index (χ2n) is 15.6. The van der Waals surface area contributed by atoms with E-state index in [0.29, 0.717) is 12.8 Å². The predicted octanol–water partition coefficient (Wildman–Crippen LogP) is 11.0. The number of rotatable bonds is 41. The average molecular weight is 855 g/mol. The first-order valence-corrected chi connectivity index (χ1v) is 24.4. The predicted molar refractivity (Wildman–Crippen MR) is 239 cm³/mol.